The first-order chi connectivity index (χ1) is 10.0. The van der Waals surface area contributed by atoms with Crippen molar-refractivity contribution in [1.82, 2.24) is 0 Å². The van der Waals surface area contributed by atoms with E-state index in [2.05, 4.69) is 11.8 Å². The minimum absolute atomic E-state index is 0.175. The summed E-state index contributed by atoms with van der Waals surface area (Å²) in [7, 11) is 1.73. The summed E-state index contributed by atoms with van der Waals surface area (Å²) in [5, 5.41) is 9.37. The van der Waals surface area contributed by atoms with Crippen molar-refractivity contribution in [3.63, 3.8) is 0 Å². The van der Waals surface area contributed by atoms with Crippen LogP contribution in [0.3, 0.4) is 0 Å². The van der Waals surface area contributed by atoms with Crippen LogP contribution in [0.4, 0.5) is 5.69 Å². The monoisotopic (exact) mass is 309 g/mol. The molecule has 1 heterocycles. The number of anilines is 1. The average Bonchev–Trinajstić information content (AvgIpc) is 2.46. The van der Waals surface area contributed by atoms with Crippen LogP contribution in [-0.2, 0) is 9.53 Å². The van der Waals surface area contributed by atoms with E-state index in [9.17, 15) is 4.79 Å². The van der Waals surface area contributed by atoms with Gasteiger partial charge in [0.25, 0.3) is 0 Å². The molecule has 0 bridgehead atoms. The summed E-state index contributed by atoms with van der Waals surface area (Å²) in [5.74, 6) is -0.466. The molecule has 21 heavy (non-hydrogen) atoms. The van der Waals surface area contributed by atoms with E-state index < -0.39 is 5.97 Å². The lowest BCUT2D eigenvalue weighted by Crippen LogP contribution is -2.44. The van der Waals surface area contributed by atoms with E-state index in [4.69, 9.17) is 21.4 Å². The highest BCUT2D eigenvalue weighted by molar-refractivity contribution is 6.32. The second-order valence-electron chi connectivity index (χ2n) is 5.33. The van der Waals surface area contributed by atoms with Crippen LogP contribution in [-0.4, -0.2) is 37.4 Å². The Kier molecular flexibility index (Phi) is 5.26. The number of halogens is 1. The third-order valence-corrected chi connectivity index (χ3v) is 4.28. The second-order valence-corrected chi connectivity index (χ2v) is 5.74. The molecule has 1 aliphatic heterocycles. The first-order valence-electron chi connectivity index (χ1n) is 7.00. The number of piperidine rings is 1. The quantitative estimate of drug-likeness (QED) is 0.867. The summed E-state index contributed by atoms with van der Waals surface area (Å²) in [6.45, 7) is 3.88. The maximum atomic E-state index is 10.7. The van der Waals surface area contributed by atoms with E-state index in [-0.39, 0.29) is 6.10 Å². The summed E-state index contributed by atoms with van der Waals surface area (Å²) in [6.07, 6.45) is 3.88. The SMILES string of the molecule is COC1CN(c2cccc(Cl)c2/C=C/C(=O)O)CCC1C. The fraction of sp³-hybridized carbons (Fsp3) is 0.438. The van der Waals surface area contributed by atoms with E-state index in [1.54, 1.807) is 19.3 Å². The van der Waals surface area contributed by atoms with Crippen molar-refractivity contribution in [2.45, 2.75) is 19.4 Å². The standard InChI is InChI=1S/C16H20ClNO3/c1-11-8-9-18(10-15(11)21-2)14-5-3-4-13(17)12(14)6-7-16(19)20/h3-7,11,15H,8-10H2,1-2H3,(H,19,20)/b7-6+. The summed E-state index contributed by atoms with van der Waals surface area (Å²) >= 11 is 6.23. The van der Waals surface area contributed by atoms with Crippen LogP contribution in [0.25, 0.3) is 6.08 Å². The van der Waals surface area contributed by atoms with Crippen LogP contribution in [0.2, 0.25) is 5.02 Å². The Labute approximate surface area is 130 Å². The predicted molar refractivity (Wildman–Crippen MR) is 84.9 cm³/mol. The van der Waals surface area contributed by atoms with Crippen molar-refractivity contribution < 1.29 is 14.6 Å². The molecule has 4 nitrogen and oxygen atoms in total. The number of hydrogen-bond acceptors (Lipinski definition) is 3. The fourth-order valence-electron chi connectivity index (χ4n) is 2.68. The molecule has 0 radical (unpaired) electrons. The summed E-state index contributed by atoms with van der Waals surface area (Å²) in [4.78, 5) is 13.0. The maximum absolute atomic E-state index is 10.7. The van der Waals surface area contributed by atoms with Crippen LogP contribution >= 0.6 is 11.6 Å². The molecule has 1 aliphatic rings. The number of hydrogen-bond donors (Lipinski definition) is 1. The highest BCUT2D eigenvalue weighted by Crippen LogP contribution is 2.32. The fourth-order valence-corrected chi connectivity index (χ4v) is 2.91. The van der Waals surface area contributed by atoms with Gasteiger partial charge in [0.05, 0.1) is 6.10 Å². The molecule has 0 aliphatic carbocycles. The molecular weight excluding hydrogens is 290 g/mol. The zero-order chi connectivity index (χ0) is 15.4. The topological polar surface area (TPSA) is 49.8 Å². The van der Waals surface area contributed by atoms with E-state index in [1.807, 2.05) is 12.1 Å². The minimum Gasteiger partial charge on any atom is -0.478 e. The van der Waals surface area contributed by atoms with Crippen molar-refractivity contribution in [2.75, 3.05) is 25.1 Å². The van der Waals surface area contributed by atoms with E-state index in [0.717, 1.165) is 36.8 Å². The first-order valence-corrected chi connectivity index (χ1v) is 7.38. The molecule has 2 unspecified atom stereocenters. The zero-order valence-electron chi connectivity index (χ0n) is 12.3. The molecule has 0 amide bonds. The van der Waals surface area contributed by atoms with Gasteiger partial charge in [-0.05, 0) is 30.5 Å². The number of benzene rings is 1. The number of ether oxygens (including phenoxy) is 1. The Morgan fingerprint density at radius 3 is 2.95 bits per heavy atom. The molecule has 5 heteroatoms. The van der Waals surface area contributed by atoms with Crippen molar-refractivity contribution in [3.05, 3.63) is 34.9 Å². The number of carbonyl (C=O) groups is 1. The molecule has 1 N–H and O–H groups in total. The van der Waals surface area contributed by atoms with Crippen molar-refractivity contribution in [2.24, 2.45) is 5.92 Å². The predicted octanol–water partition coefficient (Wildman–Crippen LogP) is 3.30. The number of carboxylic acids is 1. The van der Waals surface area contributed by atoms with Gasteiger partial charge in [0.2, 0.25) is 0 Å². The van der Waals surface area contributed by atoms with Crippen molar-refractivity contribution in [1.29, 1.82) is 0 Å². The van der Waals surface area contributed by atoms with Gasteiger partial charge in [-0.1, -0.05) is 24.6 Å². The highest BCUT2D eigenvalue weighted by atomic mass is 35.5. The molecule has 1 saturated heterocycles. The summed E-state index contributed by atoms with van der Waals surface area (Å²) in [5.41, 5.74) is 1.69. The molecule has 2 atom stereocenters. The van der Waals surface area contributed by atoms with Crippen LogP contribution in [0.1, 0.15) is 18.9 Å². The van der Waals surface area contributed by atoms with Crippen LogP contribution in [0.5, 0.6) is 0 Å². The Hall–Kier alpha value is -1.52. The van der Waals surface area contributed by atoms with E-state index in [0.29, 0.717) is 10.9 Å². The van der Waals surface area contributed by atoms with E-state index in [1.165, 1.54) is 0 Å². The average molecular weight is 310 g/mol. The van der Waals surface area contributed by atoms with Gasteiger partial charge in [-0.25, -0.2) is 4.79 Å². The van der Waals surface area contributed by atoms with Crippen LogP contribution in [0.15, 0.2) is 24.3 Å². The second kappa shape index (κ2) is 6.96. The normalized spacial score (nSPS) is 22.7. The number of nitrogens with zero attached hydrogens (tertiary/aromatic N) is 1. The molecule has 1 aromatic rings. The van der Waals surface area contributed by atoms with Gasteiger partial charge < -0.3 is 14.7 Å². The lowest BCUT2D eigenvalue weighted by molar-refractivity contribution is -0.131. The number of methoxy groups -OCH3 is 1. The third kappa shape index (κ3) is 3.77. The lowest BCUT2D eigenvalue weighted by atomic mass is 9.95. The van der Waals surface area contributed by atoms with Gasteiger partial charge in [0.1, 0.15) is 0 Å². The largest absolute Gasteiger partial charge is 0.478 e. The molecule has 114 valence electrons. The summed E-state index contributed by atoms with van der Waals surface area (Å²) < 4.78 is 5.54. The first kappa shape index (κ1) is 15.9. The van der Waals surface area contributed by atoms with Gasteiger partial charge in [-0.2, -0.15) is 0 Å². The maximum Gasteiger partial charge on any atom is 0.328 e. The Morgan fingerprint density at radius 2 is 2.29 bits per heavy atom. The number of carboxylic acid groups (broad SMARTS) is 1. The lowest BCUT2D eigenvalue weighted by Gasteiger charge is -2.38. The number of aliphatic carboxylic acids is 1. The third-order valence-electron chi connectivity index (χ3n) is 3.96. The molecule has 0 aromatic heterocycles. The molecular formula is C16H20ClNO3. The molecule has 2 rings (SSSR count). The minimum atomic E-state index is -0.983. The van der Waals surface area contributed by atoms with E-state index >= 15 is 0 Å². The van der Waals surface area contributed by atoms with Gasteiger partial charge in [0.15, 0.2) is 0 Å². The van der Waals surface area contributed by atoms with Gasteiger partial charge in [-0.15, -0.1) is 0 Å². The van der Waals surface area contributed by atoms with Gasteiger partial charge >= 0.3 is 5.97 Å². The Morgan fingerprint density at radius 1 is 1.52 bits per heavy atom. The van der Waals surface area contributed by atoms with Crippen LogP contribution in [0, 0.1) is 5.92 Å². The Bertz CT molecular complexity index is 544. The van der Waals surface area contributed by atoms with Crippen molar-refractivity contribution in [3.8, 4) is 0 Å². The molecule has 0 spiro atoms. The van der Waals surface area contributed by atoms with Gasteiger partial charge in [-0.3, -0.25) is 0 Å². The summed E-state index contributed by atoms with van der Waals surface area (Å²) in [6, 6.07) is 5.62. The number of rotatable bonds is 4. The molecule has 1 aromatic carbocycles. The highest BCUT2D eigenvalue weighted by Gasteiger charge is 2.27. The smallest absolute Gasteiger partial charge is 0.328 e. The van der Waals surface area contributed by atoms with Crippen molar-refractivity contribution >= 4 is 29.3 Å². The van der Waals surface area contributed by atoms with Gasteiger partial charge in [0, 0.05) is 42.5 Å². The zero-order valence-corrected chi connectivity index (χ0v) is 13.0. The molecule has 1 fully saturated rings. The Balaban J connectivity index is 2.31. The van der Waals surface area contributed by atoms with Crippen LogP contribution < -0.4 is 4.90 Å². The molecule has 0 saturated carbocycles.